The average Bonchev–Trinajstić information content (AvgIpc) is 2.93. The molecule has 0 bridgehead atoms. The lowest BCUT2D eigenvalue weighted by Crippen LogP contribution is -2.40. The van der Waals surface area contributed by atoms with Gasteiger partial charge in [-0.15, -0.1) is 0 Å². The van der Waals surface area contributed by atoms with E-state index < -0.39 is 0 Å². The fourth-order valence-corrected chi connectivity index (χ4v) is 2.97. The number of aromatic nitrogens is 3. The molecule has 3 rings (SSSR count). The van der Waals surface area contributed by atoms with Crippen LogP contribution in [0, 0.1) is 0 Å². The van der Waals surface area contributed by atoms with Gasteiger partial charge in [-0.1, -0.05) is 0 Å². The number of H-pyrrole nitrogens is 1. The molecule has 2 N–H and O–H groups in total. The minimum atomic E-state index is -0.367. The molecule has 17 heavy (non-hydrogen) atoms. The standard InChI is InChI=1S/C12H20N4O/c17-12(4-2-5-12)6-8-16-7-1-3-10(16)11-13-9-14-15-11/h9-10,17H,1-8H2,(H,13,14,15)/t10-/m0/s1. The zero-order valence-electron chi connectivity index (χ0n) is 10.1. The lowest BCUT2D eigenvalue weighted by atomic mass is 9.78. The van der Waals surface area contributed by atoms with Crippen molar-refractivity contribution in [1.29, 1.82) is 0 Å². The van der Waals surface area contributed by atoms with E-state index in [1.54, 1.807) is 6.33 Å². The van der Waals surface area contributed by atoms with Gasteiger partial charge in [0.1, 0.15) is 12.2 Å². The molecule has 5 nitrogen and oxygen atoms in total. The average molecular weight is 236 g/mol. The van der Waals surface area contributed by atoms with Crippen LogP contribution in [0.2, 0.25) is 0 Å². The van der Waals surface area contributed by atoms with E-state index in [2.05, 4.69) is 20.1 Å². The molecule has 1 aromatic rings. The highest BCUT2D eigenvalue weighted by atomic mass is 16.3. The van der Waals surface area contributed by atoms with Crippen molar-refractivity contribution in [3.05, 3.63) is 12.2 Å². The smallest absolute Gasteiger partial charge is 0.141 e. The number of hydrogen-bond acceptors (Lipinski definition) is 4. The van der Waals surface area contributed by atoms with E-state index in [1.165, 1.54) is 12.8 Å². The van der Waals surface area contributed by atoms with Crippen LogP contribution in [0.15, 0.2) is 6.33 Å². The molecule has 1 aliphatic carbocycles. The molecule has 1 aromatic heterocycles. The van der Waals surface area contributed by atoms with Gasteiger partial charge in [0.15, 0.2) is 0 Å². The van der Waals surface area contributed by atoms with Gasteiger partial charge >= 0.3 is 0 Å². The van der Waals surface area contributed by atoms with Crippen LogP contribution in [-0.4, -0.2) is 43.9 Å². The van der Waals surface area contributed by atoms with Crippen LogP contribution < -0.4 is 0 Å². The molecule has 2 heterocycles. The second-order valence-electron chi connectivity index (χ2n) is 5.39. The molecule has 0 spiro atoms. The number of nitrogens with zero attached hydrogens (tertiary/aromatic N) is 3. The molecule has 1 saturated heterocycles. The van der Waals surface area contributed by atoms with E-state index in [1.807, 2.05) is 0 Å². The summed E-state index contributed by atoms with van der Waals surface area (Å²) in [6.45, 7) is 2.09. The van der Waals surface area contributed by atoms with Crippen molar-refractivity contribution < 1.29 is 5.11 Å². The topological polar surface area (TPSA) is 65.0 Å². The molecular weight excluding hydrogens is 216 g/mol. The van der Waals surface area contributed by atoms with Crippen LogP contribution >= 0.6 is 0 Å². The minimum Gasteiger partial charge on any atom is -0.390 e. The fraction of sp³-hybridized carbons (Fsp3) is 0.833. The Labute approximate surface area is 101 Å². The van der Waals surface area contributed by atoms with Crippen LogP contribution in [0.25, 0.3) is 0 Å². The third-order valence-electron chi connectivity index (χ3n) is 4.26. The fourth-order valence-electron chi connectivity index (χ4n) is 2.97. The van der Waals surface area contributed by atoms with Crippen LogP contribution in [0.4, 0.5) is 0 Å². The van der Waals surface area contributed by atoms with Gasteiger partial charge in [-0.25, -0.2) is 4.98 Å². The molecule has 0 aromatic carbocycles. The third kappa shape index (κ3) is 2.21. The van der Waals surface area contributed by atoms with Gasteiger partial charge in [0, 0.05) is 6.54 Å². The molecule has 1 aliphatic heterocycles. The number of hydrogen-bond donors (Lipinski definition) is 2. The number of likely N-dealkylation sites (tertiary alicyclic amines) is 1. The molecule has 94 valence electrons. The highest BCUT2D eigenvalue weighted by Crippen LogP contribution is 2.36. The summed E-state index contributed by atoms with van der Waals surface area (Å²) in [7, 11) is 0. The molecule has 0 unspecified atom stereocenters. The van der Waals surface area contributed by atoms with Gasteiger partial charge in [0.25, 0.3) is 0 Å². The number of aromatic amines is 1. The highest BCUT2D eigenvalue weighted by Gasteiger charge is 2.36. The van der Waals surface area contributed by atoms with Crippen molar-refractivity contribution in [2.45, 2.75) is 50.2 Å². The van der Waals surface area contributed by atoms with Crippen LogP contribution in [0.1, 0.15) is 50.4 Å². The highest BCUT2D eigenvalue weighted by molar-refractivity contribution is 4.97. The van der Waals surface area contributed by atoms with Crippen LogP contribution in [0.5, 0.6) is 0 Å². The largest absolute Gasteiger partial charge is 0.390 e. The summed E-state index contributed by atoms with van der Waals surface area (Å²) >= 11 is 0. The number of rotatable bonds is 4. The normalized spacial score (nSPS) is 28.2. The first kappa shape index (κ1) is 11.2. The Morgan fingerprint density at radius 3 is 3.00 bits per heavy atom. The van der Waals surface area contributed by atoms with Gasteiger partial charge in [-0.2, -0.15) is 5.10 Å². The maximum atomic E-state index is 10.1. The Morgan fingerprint density at radius 1 is 1.47 bits per heavy atom. The maximum Gasteiger partial charge on any atom is 0.141 e. The van der Waals surface area contributed by atoms with Gasteiger partial charge in [-0.05, 0) is 45.1 Å². The van der Waals surface area contributed by atoms with E-state index >= 15 is 0 Å². The molecule has 0 amide bonds. The lowest BCUT2D eigenvalue weighted by Gasteiger charge is -2.38. The van der Waals surface area contributed by atoms with E-state index in [0.29, 0.717) is 6.04 Å². The quantitative estimate of drug-likeness (QED) is 0.825. The van der Waals surface area contributed by atoms with E-state index in [9.17, 15) is 5.11 Å². The lowest BCUT2D eigenvalue weighted by molar-refractivity contribution is -0.0471. The number of aliphatic hydroxyl groups is 1. The van der Waals surface area contributed by atoms with Crippen molar-refractivity contribution in [2.24, 2.45) is 0 Å². The van der Waals surface area contributed by atoms with Crippen LogP contribution in [0.3, 0.4) is 0 Å². The molecule has 1 saturated carbocycles. The molecule has 0 radical (unpaired) electrons. The van der Waals surface area contributed by atoms with Crippen molar-refractivity contribution in [3.8, 4) is 0 Å². The van der Waals surface area contributed by atoms with Crippen molar-refractivity contribution in [1.82, 2.24) is 20.1 Å². The molecule has 5 heteroatoms. The first-order valence-electron chi connectivity index (χ1n) is 6.59. The Hall–Kier alpha value is -0.940. The molecular formula is C12H20N4O. The third-order valence-corrected chi connectivity index (χ3v) is 4.26. The SMILES string of the molecule is OC1(CCN2CCC[C@H]2c2ncn[nH]2)CCC1. The van der Waals surface area contributed by atoms with Gasteiger partial charge in [0.05, 0.1) is 11.6 Å². The first-order valence-corrected chi connectivity index (χ1v) is 6.59. The van der Waals surface area contributed by atoms with E-state index in [-0.39, 0.29) is 5.60 Å². The Morgan fingerprint density at radius 2 is 2.35 bits per heavy atom. The summed E-state index contributed by atoms with van der Waals surface area (Å²) in [6.07, 6.45) is 7.98. The predicted octanol–water partition coefficient (Wildman–Crippen LogP) is 1.25. The monoisotopic (exact) mass is 236 g/mol. The van der Waals surface area contributed by atoms with Crippen molar-refractivity contribution in [2.75, 3.05) is 13.1 Å². The summed E-state index contributed by atoms with van der Waals surface area (Å²) in [5.41, 5.74) is -0.367. The second kappa shape index (κ2) is 4.38. The molecule has 2 aliphatic rings. The zero-order chi connectivity index (χ0) is 11.7. The Bertz CT molecular complexity index is 361. The minimum absolute atomic E-state index is 0.367. The zero-order valence-corrected chi connectivity index (χ0v) is 10.1. The summed E-state index contributed by atoms with van der Waals surface area (Å²) in [5, 5.41) is 17.0. The first-order chi connectivity index (χ1) is 8.27. The predicted molar refractivity (Wildman–Crippen MR) is 63.3 cm³/mol. The van der Waals surface area contributed by atoms with Gasteiger partial charge < -0.3 is 5.11 Å². The van der Waals surface area contributed by atoms with E-state index in [4.69, 9.17) is 0 Å². The van der Waals surface area contributed by atoms with E-state index in [0.717, 1.165) is 44.6 Å². The Balaban J connectivity index is 1.58. The molecule has 1 atom stereocenters. The van der Waals surface area contributed by atoms with Crippen molar-refractivity contribution >= 4 is 0 Å². The summed E-state index contributed by atoms with van der Waals surface area (Å²) < 4.78 is 0. The van der Waals surface area contributed by atoms with Gasteiger partial charge in [-0.3, -0.25) is 10.00 Å². The molecule has 2 fully saturated rings. The van der Waals surface area contributed by atoms with Crippen LogP contribution in [-0.2, 0) is 0 Å². The number of nitrogens with one attached hydrogen (secondary N) is 1. The summed E-state index contributed by atoms with van der Waals surface area (Å²) in [6, 6.07) is 0.376. The Kier molecular flexibility index (Phi) is 2.88. The summed E-state index contributed by atoms with van der Waals surface area (Å²) in [5.74, 6) is 0.975. The summed E-state index contributed by atoms with van der Waals surface area (Å²) in [4.78, 5) is 6.68. The van der Waals surface area contributed by atoms with Gasteiger partial charge in [0.2, 0.25) is 0 Å². The second-order valence-corrected chi connectivity index (χ2v) is 5.39. The maximum absolute atomic E-state index is 10.1. The van der Waals surface area contributed by atoms with Crippen molar-refractivity contribution in [3.63, 3.8) is 0 Å².